The molecule has 2 rings (SSSR count). The summed E-state index contributed by atoms with van der Waals surface area (Å²) >= 11 is 6.07. The molecule has 0 amide bonds. The number of hydrogen-bond donors (Lipinski definition) is 2. The van der Waals surface area contributed by atoms with E-state index >= 15 is 0 Å². The van der Waals surface area contributed by atoms with Gasteiger partial charge in [-0.2, -0.15) is 0 Å². The van der Waals surface area contributed by atoms with Crippen LogP contribution in [0.2, 0.25) is 5.02 Å². The maximum Gasteiger partial charge on any atom is 0.122 e. The van der Waals surface area contributed by atoms with Crippen LogP contribution in [0.5, 0.6) is 5.75 Å². The minimum atomic E-state index is 0.124. The van der Waals surface area contributed by atoms with Crippen molar-refractivity contribution in [2.75, 3.05) is 7.11 Å². The summed E-state index contributed by atoms with van der Waals surface area (Å²) in [5.41, 5.74) is 6.46. The smallest absolute Gasteiger partial charge is 0.122 e. The molecule has 0 heterocycles. The third-order valence-corrected chi connectivity index (χ3v) is 3.74. The van der Waals surface area contributed by atoms with E-state index < -0.39 is 0 Å². The van der Waals surface area contributed by atoms with Gasteiger partial charge < -0.3 is 4.74 Å². The number of ether oxygens (including phenoxy) is 1. The van der Waals surface area contributed by atoms with E-state index in [2.05, 4.69) is 36.6 Å². The highest BCUT2D eigenvalue weighted by Gasteiger charge is 2.13. The van der Waals surface area contributed by atoms with E-state index in [0.717, 1.165) is 24.2 Å². The molecule has 0 aliphatic carbocycles. The Hall–Kier alpha value is -1.55. The van der Waals surface area contributed by atoms with E-state index in [1.807, 2.05) is 18.2 Å². The first-order valence-electron chi connectivity index (χ1n) is 6.96. The summed E-state index contributed by atoms with van der Waals surface area (Å²) in [5, 5.41) is 0.706. The predicted octanol–water partition coefficient (Wildman–Crippen LogP) is 3.27. The van der Waals surface area contributed by atoms with Crippen LogP contribution >= 0.6 is 11.6 Å². The van der Waals surface area contributed by atoms with Crippen molar-refractivity contribution in [3.05, 3.63) is 64.2 Å². The monoisotopic (exact) mass is 304 g/mol. The lowest BCUT2D eigenvalue weighted by Crippen LogP contribution is -2.38. The third kappa shape index (κ3) is 4.46. The van der Waals surface area contributed by atoms with Gasteiger partial charge in [0.2, 0.25) is 0 Å². The molecule has 0 bridgehead atoms. The van der Waals surface area contributed by atoms with Crippen LogP contribution in [0, 0.1) is 6.92 Å². The van der Waals surface area contributed by atoms with Crippen molar-refractivity contribution in [3.63, 3.8) is 0 Å². The fraction of sp³-hybridized carbons (Fsp3) is 0.294. The largest absolute Gasteiger partial charge is 0.496 e. The maximum absolute atomic E-state index is 6.07. The number of nitrogens with two attached hydrogens (primary N) is 1. The lowest BCUT2D eigenvalue weighted by molar-refractivity contribution is 0.404. The summed E-state index contributed by atoms with van der Waals surface area (Å²) < 4.78 is 5.39. The molecule has 0 aliphatic rings. The topological polar surface area (TPSA) is 47.3 Å². The number of benzene rings is 2. The third-order valence-electron chi connectivity index (χ3n) is 3.51. The summed E-state index contributed by atoms with van der Waals surface area (Å²) in [4.78, 5) is 0. The van der Waals surface area contributed by atoms with Gasteiger partial charge in [-0.25, -0.2) is 0 Å². The van der Waals surface area contributed by atoms with E-state index in [0.29, 0.717) is 5.02 Å². The Bertz CT molecular complexity index is 601. The lowest BCUT2D eigenvalue weighted by Gasteiger charge is -2.18. The molecule has 4 heteroatoms. The average molecular weight is 305 g/mol. The summed E-state index contributed by atoms with van der Waals surface area (Å²) in [7, 11) is 1.66. The van der Waals surface area contributed by atoms with E-state index in [1.165, 1.54) is 11.1 Å². The van der Waals surface area contributed by atoms with Crippen molar-refractivity contribution < 1.29 is 4.74 Å². The first-order chi connectivity index (χ1) is 10.1. The molecule has 3 N–H and O–H groups in total. The fourth-order valence-corrected chi connectivity index (χ4v) is 2.68. The van der Waals surface area contributed by atoms with Crippen molar-refractivity contribution in [1.82, 2.24) is 5.43 Å². The standard InChI is InChI=1S/C17H21ClN2O/c1-12-4-3-5-13(8-12)9-16(20-19)11-14-10-15(18)6-7-17(14)21-2/h3-8,10,16,20H,9,11,19H2,1-2H3. The van der Waals surface area contributed by atoms with E-state index in [1.54, 1.807) is 7.11 Å². The molecule has 112 valence electrons. The van der Waals surface area contributed by atoms with Crippen LogP contribution in [0.15, 0.2) is 42.5 Å². The van der Waals surface area contributed by atoms with Crippen LogP contribution in [-0.2, 0) is 12.8 Å². The van der Waals surface area contributed by atoms with Crippen molar-refractivity contribution in [3.8, 4) is 5.75 Å². The van der Waals surface area contributed by atoms with E-state index in [9.17, 15) is 0 Å². The number of rotatable bonds is 6. The number of nitrogens with one attached hydrogen (secondary N) is 1. The molecule has 3 nitrogen and oxygen atoms in total. The second kappa shape index (κ2) is 7.46. The molecule has 0 fully saturated rings. The van der Waals surface area contributed by atoms with Gasteiger partial charge >= 0.3 is 0 Å². The first-order valence-corrected chi connectivity index (χ1v) is 7.34. The predicted molar refractivity (Wildman–Crippen MR) is 87.7 cm³/mol. The molecule has 0 radical (unpaired) electrons. The van der Waals surface area contributed by atoms with Gasteiger partial charge in [0.1, 0.15) is 5.75 Å². The number of hydrogen-bond acceptors (Lipinski definition) is 3. The molecule has 1 unspecified atom stereocenters. The zero-order chi connectivity index (χ0) is 15.2. The van der Waals surface area contributed by atoms with Gasteiger partial charge in [0.05, 0.1) is 7.11 Å². The maximum atomic E-state index is 6.07. The Morgan fingerprint density at radius 1 is 1.19 bits per heavy atom. The first kappa shape index (κ1) is 15.8. The normalized spacial score (nSPS) is 12.2. The van der Waals surface area contributed by atoms with Gasteiger partial charge in [-0.15, -0.1) is 0 Å². The minimum Gasteiger partial charge on any atom is -0.496 e. The summed E-state index contributed by atoms with van der Waals surface area (Å²) in [6.07, 6.45) is 1.61. The molecule has 1 atom stereocenters. The van der Waals surface area contributed by atoms with E-state index in [4.69, 9.17) is 22.2 Å². The molecule has 2 aromatic rings. The van der Waals surface area contributed by atoms with Crippen molar-refractivity contribution in [1.29, 1.82) is 0 Å². The second-order valence-electron chi connectivity index (χ2n) is 5.22. The van der Waals surface area contributed by atoms with Gasteiger partial charge in [-0.05, 0) is 49.1 Å². The van der Waals surface area contributed by atoms with Gasteiger partial charge in [0, 0.05) is 11.1 Å². The lowest BCUT2D eigenvalue weighted by atomic mass is 9.98. The quantitative estimate of drug-likeness (QED) is 0.636. The molecule has 0 aromatic heterocycles. The Kier molecular flexibility index (Phi) is 5.62. The van der Waals surface area contributed by atoms with Crippen LogP contribution in [0.1, 0.15) is 16.7 Å². The molecule has 2 aromatic carbocycles. The van der Waals surface area contributed by atoms with Crippen LogP contribution in [-0.4, -0.2) is 13.2 Å². The van der Waals surface area contributed by atoms with Crippen LogP contribution in [0.3, 0.4) is 0 Å². The molecule has 0 aliphatic heterocycles. The Morgan fingerprint density at radius 3 is 2.67 bits per heavy atom. The molecule has 0 spiro atoms. The fourth-order valence-electron chi connectivity index (χ4n) is 2.49. The van der Waals surface area contributed by atoms with E-state index in [-0.39, 0.29) is 6.04 Å². The Morgan fingerprint density at radius 2 is 2.00 bits per heavy atom. The second-order valence-corrected chi connectivity index (χ2v) is 5.65. The zero-order valence-electron chi connectivity index (χ0n) is 12.4. The Balaban J connectivity index is 2.14. The highest BCUT2D eigenvalue weighted by atomic mass is 35.5. The number of methoxy groups -OCH3 is 1. The summed E-state index contributed by atoms with van der Waals surface area (Å²) in [6, 6.07) is 14.2. The zero-order valence-corrected chi connectivity index (χ0v) is 13.2. The van der Waals surface area contributed by atoms with Gasteiger partial charge in [-0.3, -0.25) is 11.3 Å². The van der Waals surface area contributed by atoms with Gasteiger partial charge in [-0.1, -0.05) is 41.4 Å². The van der Waals surface area contributed by atoms with Crippen LogP contribution in [0.4, 0.5) is 0 Å². The molecular formula is C17H21ClN2O. The summed E-state index contributed by atoms with van der Waals surface area (Å²) in [6.45, 7) is 2.09. The molecule has 21 heavy (non-hydrogen) atoms. The minimum absolute atomic E-state index is 0.124. The number of halogens is 1. The van der Waals surface area contributed by atoms with Gasteiger partial charge in [0.25, 0.3) is 0 Å². The highest BCUT2D eigenvalue weighted by Crippen LogP contribution is 2.24. The van der Waals surface area contributed by atoms with Crippen LogP contribution < -0.4 is 16.0 Å². The molecule has 0 saturated carbocycles. The highest BCUT2D eigenvalue weighted by molar-refractivity contribution is 6.30. The van der Waals surface area contributed by atoms with Crippen molar-refractivity contribution >= 4 is 11.6 Å². The number of aryl methyl sites for hydroxylation is 1. The molecule has 0 saturated heterocycles. The molecular weight excluding hydrogens is 284 g/mol. The average Bonchev–Trinajstić information content (AvgIpc) is 2.47. The van der Waals surface area contributed by atoms with Crippen molar-refractivity contribution in [2.45, 2.75) is 25.8 Å². The van der Waals surface area contributed by atoms with Gasteiger partial charge in [0.15, 0.2) is 0 Å². The Labute approximate surface area is 131 Å². The summed E-state index contributed by atoms with van der Waals surface area (Å²) in [5.74, 6) is 6.55. The van der Waals surface area contributed by atoms with Crippen LogP contribution in [0.25, 0.3) is 0 Å². The SMILES string of the molecule is COc1ccc(Cl)cc1CC(Cc1cccc(C)c1)NN. The number of hydrazine groups is 1. The van der Waals surface area contributed by atoms with Crippen molar-refractivity contribution in [2.24, 2.45) is 5.84 Å².